The van der Waals surface area contributed by atoms with Crippen molar-refractivity contribution < 1.29 is 8.78 Å². The highest BCUT2D eigenvalue weighted by molar-refractivity contribution is 5.85. The Kier molecular flexibility index (Phi) is 2.81. The van der Waals surface area contributed by atoms with Gasteiger partial charge in [-0.3, -0.25) is 5.10 Å². The number of aromatic amines is 1. The Balaban J connectivity index is 0.000001000. The smallest absolute Gasteiger partial charge is 0.288 e. The summed E-state index contributed by atoms with van der Waals surface area (Å²) in [6.45, 7) is 0.761. The van der Waals surface area contributed by atoms with E-state index in [1.165, 1.54) is 0 Å². The molecule has 0 saturated heterocycles. The lowest BCUT2D eigenvalue weighted by atomic mass is 10.2. The second kappa shape index (κ2) is 3.04. The van der Waals surface area contributed by atoms with Crippen molar-refractivity contribution in [1.82, 2.24) is 10.2 Å². The first-order chi connectivity index (χ1) is 4.52. The lowest BCUT2D eigenvalue weighted by Gasteiger charge is -2.06. The molecule has 0 atom stereocenters. The van der Waals surface area contributed by atoms with Crippen LogP contribution >= 0.6 is 12.4 Å². The van der Waals surface area contributed by atoms with E-state index in [1.807, 2.05) is 0 Å². The van der Waals surface area contributed by atoms with E-state index in [9.17, 15) is 8.78 Å². The van der Waals surface area contributed by atoms with Crippen molar-refractivity contribution in [1.29, 1.82) is 0 Å². The number of nitrogen functional groups attached to an aromatic ring is 1. The molecule has 3 N–H and O–H groups in total. The highest BCUT2D eigenvalue weighted by atomic mass is 35.5. The normalized spacial score (nSPS) is 10.8. The molecule has 0 fully saturated rings. The fourth-order valence-corrected chi connectivity index (χ4v) is 0.647. The molecule has 0 aliphatic carbocycles. The molecule has 0 saturated carbocycles. The van der Waals surface area contributed by atoms with E-state index in [2.05, 4.69) is 10.2 Å². The van der Waals surface area contributed by atoms with Gasteiger partial charge < -0.3 is 5.73 Å². The summed E-state index contributed by atoms with van der Waals surface area (Å²) < 4.78 is 24.8. The molecule has 0 radical (unpaired) electrons. The quantitative estimate of drug-likeness (QED) is 0.694. The number of nitrogens with two attached hydrogens (primary N) is 1. The zero-order valence-electron chi connectivity index (χ0n) is 5.77. The van der Waals surface area contributed by atoms with Crippen LogP contribution in [0.15, 0.2) is 6.20 Å². The van der Waals surface area contributed by atoms with Crippen molar-refractivity contribution in [2.45, 2.75) is 12.8 Å². The maximum absolute atomic E-state index is 12.4. The molecule has 64 valence electrons. The number of nitrogens with zero attached hydrogens (tertiary/aromatic N) is 1. The summed E-state index contributed by atoms with van der Waals surface area (Å²) in [5.41, 5.74) is 4.82. The van der Waals surface area contributed by atoms with E-state index in [1.54, 1.807) is 0 Å². The summed E-state index contributed by atoms with van der Waals surface area (Å²) in [5.74, 6) is -2.93. The summed E-state index contributed by atoms with van der Waals surface area (Å²) >= 11 is 0. The Bertz CT molecular complexity index is 230. The summed E-state index contributed by atoms with van der Waals surface area (Å²) in [6, 6.07) is 0. The van der Waals surface area contributed by atoms with Gasteiger partial charge in [0.25, 0.3) is 5.92 Å². The third kappa shape index (κ3) is 2.04. The third-order valence-electron chi connectivity index (χ3n) is 1.11. The molecule has 1 rings (SSSR count). The van der Waals surface area contributed by atoms with Crippen molar-refractivity contribution in [3.8, 4) is 0 Å². The zero-order valence-corrected chi connectivity index (χ0v) is 6.58. The van der Waals surface area contributed by atoms with Crippen LogP contribution in [0.5, 0.6) is 0 Å². The van der Waals surface area contributed by atoms with E-state index in [4.69, 9.17) is 5.73 Å². The summed E-state index contributed by atoms with van der Waals surface area (Å²) in [4.78, 5) is 0. The highest BCUT2D eigenvalue weighted by Crippen LogP contribution is 2.28. The Morgan fingerprint density at radius 2 is 2.18 bits per heavy atom. The molecule has 1 aromatic rings. The largest absolute Gasteiger partial charge is 0.396 e. The van der Waals surface area contributed by atoms with E-state index < -0.39 is 5.92 Å². The van der Waals surface area contributed by atoms with Crippen LogP contribution in [0.1, 0.15) is 12.6 Å². The van der Waals surface area contributed by atoms with E-state index >= 15 is 0 Å². The van der Waals surface area contributed by atoms with Gasteiger partial charge >= 0.3 is 0 Å². The van der Waals surface area contributed by atoms with Crippen LogP contribution in [-0.2, 0) is 5.92 Å². The van der Waals surface area contributed by atoms with Crippen LogP contribution in [0.2, 0.25) is 0 Å². The van der Waals surface area contributed by atoms with Crippen molar-refractivity contribution in [3.63, 3.8) is 0 Å². The molecule has 0 unspecified atom stereocenters. The summed E-state index contributed by atoms with van der Waals surface area (Å²) in [5, 5.41) is 5.48. The van der Waals surface area contributed by atoms with E-state index in [-0.39, 0.29) is 23.8 Å². The summed E-state index contributed by atoms with van der Waals surface area (Å²) in [6.07, 6.45) is 1.16. The molecule has 3 nitrogen and oxygen atoms in total. The molecular formula is C5H8ClF2N3. The van der Waals surface area contributed by atoms with Gasteiger partial charge in [0.15, 0.2) is 0 Å². The van der Waals surface area contributed by atoms with Crippen LogP contribution in [0.25, 0.3) is 0 Å². The standard InChI is InChI=1S/C5H7F2N3.ClH/c1-5(6,7)4-3(8)2-9-10-4;/h2H,8H2,1H3,(H,9,10);1H. The number of H-pyrrole nitrogens is 1. The maximum Gasteiger partial charge on any atom is 0.288 e. The van der Waals surface area contributed by atoms with Gasteiger partial charge in [0, 0.05) is 6.92 Å². The van der Waals surface area contributed by atoms with Crippen LogP contribution in [0, 0.1) is 0 Å². The van der Waals surface area contributed by atoms with E-state index in [0.717, 1.165) is 13.1 Å². The van der Waals surface area contributed by atoms with Crippen LogP contribution < -0.4 is 5.73 Å². The van der Waals surface area contributed by atoms with Crippen LogP contribution in [0.4, 0.5) is 14.5 Å². The number of halogens is 3. The van der Waals surface area contributed by atoms with Crippen molar-refractivity contribution in [2.75, 3.05) is 5.73 Å². The van der Waals surface area contributed by atoms with Crippen LogP contribution in [-0.4, -0.2) is 10.2 Å². The first kappa shape index (κ1) is 10.2. The average molecular weight is 184 g/mol. The fraction of sp³-hybridized carbons (Fsp3) is 0.400. The van der Waals surface area contributed by atoms with Gasteiger partial charge in [0.05, 0.1) is 11.9 Å². The van der Waals surface area contributed by atoms with Gasteiger partial charge in [-0.15, -0.1) is 12.4 Å². The van der Waals surface area contributed by atoms with Gasteiger partial charge in [-0.25, -0.2) is 0 Å². The lowest BCUT2D eigenvalue weighted by molar-refractivity contribution is 0.0135. The molecule has 0 aliphatic rings. The molecule has 1 heterocycles. The SMILES string of the molecule is CC(F)(F)c1[nH]ncc1N.Cl. The van der Waals surface area contributed by atoms with Crippen molar-refractivity contribution in [2.24, 2.45) is 0 Å². The number of hydrogen-bond acceptors (Lipinski definition) is 2. The minimum Gasteiger partial charge on any atom is -0.396 e. The zero-order chi connectivity index (χ0) is 7.78. The predicted octanol–water partition coefficient (Wildman–Crippen LogP) is 1.53. The second-order valence-electron chi connectivity index (χ2n) is 2.09. The molecular weight excluding hydrogens is 176 g/mol. The molecule has 0 amide bonds. The Hall–Kier alpha value is -0.840. The molecule has 0 aromatic carbocycles. The minimum atomic E-state index is -2.93. The Labute approximate surface area is 68.4 Å². The number of aromatic nitrogens is 2. The number of hydrogen-bond donors (Lipinski definition) is 2. The molecule has 0 aliphatic heterocycles. The molecule has 0 spiro atoms. The predicted molar refractivity (Wildman–Crippen MR) is 39.8 cm³/mol. The average Bonchev–Trinajstić information content (AvgIpc) is 2.11. The second-order valence-corrected chi connectivity index (χ2v) is 2.09. The van der Waals surface area contributed by atoms with Crippen molar-refractivity contribution >= 4 is 18.1 Å². The topological polar surface area (TPSA) is 54.7 Å². The van der Waals surface area contributed by atoms with Gasteiger partial charge in [-0.1, -0.05) is 0 Å². The number of rotatable bonds is 1. The minimum absolute atomic E-state index is 0. The Morgan fingerprint density at radius 1 is 1.64 bits per heavy atom. The Morgan fingerprint density at radius 3 is 2.36 bits per heavy atom. The molecule has 0 bridgehead atoms. The number of anilines is 1. The first-order valence-corrected chi connectivity index (χ1v) is 2.69. The van der Waals surface area contributed by atoms with Gasteiger partial charge in [-0.2, -0.15) is 13.9 Å². The molecule has 11 heavy (non-hydrogen) atoms. The first-order valence-electron chi connectivity index (χ1n) is 2.69. The highest BCUT2D eigenvalue weighted by Gasteiger charge is 2.28. The van der Waals surface area contributed by atoms with E-state index in [0.29, 0.717) is 0 Å². The lowest BCUT2D eigenvalue weighted by Crippen LogP contribution is -2.10. The van der Waals surface area contributed by atoms with Gasteiger partial charge in [0.2, 0.25) is 0 Å². The molecule has 1 aromatic heterocycles. The fourth-order valence-electron chi connectivity index (χ4n) is 0.647. The maximum atomic E-state index is 12.4. The monoisotopic (exact) mass is 183 g/mol. The third-order valence-corrected chi connectivity index (χ3v) is 1.11. The van der Waals surface area contributed by atoms with Gasteiger partial charge in [0.1, 0.15) is 5.69 Å². The molecule has 6 heteroatoms. The number of alkyl halides is 2. The van der Waals surface area contributed by atoms with Gasteiger partial charge in [-0.05, 0) is 0 Å². The summed E-state index contributed by atoms with van der Waals surface area (Å²) in [7, 11) is 0. The van der Waals surface area contributed by atoms with Crippen LogP contribution in [0.3, 0.4) is 0 Å². The van der Waals surface area contributed by atoms with Crippen molar-refractivity contribution in [3.05, 3.63) is 11.9 Å². The number of nitrogens with one attached hydrogen (secondary N) is 1.